The van der Waals surface area contributed by atoms with Crippen molar-refractivity contribution in [3.05, 3.63) is 69.6 Å². The summed E-state index contributed by atoms with van der Waals surface area (Å²) in [6.45, 7) is 4.69. The minimum atomic E-state index is -0.116. The van der Waals surface area contributed by atoms with Crippen LogP contribution in [0.4, 0.5) is 0 Å². The molecule has 0 saturated carbocycles. The largest absolute Gasteiger partial charge is 0.454 e. The van der Waals surface area contributed by atoms with Crippen LogP contribution in [0, 0.1) is 0 Å². The van der Waals surface area contributed by atoms with Crippen LogP contribution in [0.1, 0.15) is 37.1 Å². The van der Waals surface area contributed by atoms with E-state index in [1.807, 2.05) is 49.4 Å². The lowest BCUT2D eigenvalue weighted by Crippen LogP contribution is -2.19. The SMILES string of the molecule is CCCc1[nH]n(-c2nc3ccccc3s2)c(=O)c1C(C)=NCc1ccc2c(c1)OCO2. The number of aromatic nitrogens is 3. The van der Waals surface area contributed by atoms with Gasteiger partial charge in [0.2, 0.25) is 11.9 Å². The number of rotatable bonds is 6. The summed E-state index contributed by atoms with van der Waals surface area (Å²) in [7, 11) is 0. The fourth-order valence-corrected chi connectivity index (χ4v) is 4.63. The first-order valence-electron chi connectivity index (χ1n) is 10.2. The van der Waals surface area contributed by atoms with E-state index in [0.717, 1.165) is 45.8 Å². The number of benzene rings is 2. The summed E-state index contributed by atoms with van der Waals surface area (Å²) in [6, 6.07) is 13.7. The summed E-state index contributed by atoms with van der Waals surface area (Å²) < 4.78 is 13.4. The maximum absolute atomic E-state index is 13.3. The van der Waals surface area contributed by atoms with Crippen LogP contribution in [-0.2, 0) is 13.0 Å². The minimum absolute atomic E-state index is 0.116. The smallest absolute Gasteiger partial charge is 0.282 e. The lowest BCUT2D eigenvalue weighted by atomic mass is 10.1. The summed E-state index contributed by atoms with van der Waals surface area (Å²) in [5.41, 5.74) is 4.00. The van der Waals surface area contributed by atoms with Crippen LogP contribution in [0.25, 0.3) is 15.3 Å². The Labute approximate surface area is 183 Å². The van der Waals surface area contributed by atoms with Gasteiger partial charge in [-0.3, -0.25) is 14.9 Å². The van der Waals surface area contributed by atoms with E-state index >= 15 is 0 Å². The number of ether oxygens (including phenoxy) is 2. The summed E-state index contributed by atoms with van der Waals surface area (Å²) in [5.74, 6) is 1.48. The van der Waals surface area contributed by atoms with Crippen molar-refractivity contribution < 1.29 is 9.47 Å². The molecule has 158 valence electrons. The molecule has 3 heterocycles. The number of aromatic amines is 1. The lowest BCUT2D eigenvalue weighted by Gasteiger charge is -2.03. The third kappa shape index (κ3) is 3.63. The van der Waals surface area contributed by atoms with E-state index in [1.165, 1.54) is 11.3 Å². The van der Waals surface area contributed by atoms with Crippen LogP contribution in [0.5, 0.6) is 11.5 Å². The molecule has 0 unspecified atom stereocenters. The second kappa shape index (κ2) is 8.03. The number of fused-ring (bicyclic) bond motifs is 2. The number of nitrogens with one attached hydrogen (secondary N) is 1. The van der Waals surface area contributed by atoms with Crippen molar-refractivity contribution in [2.45, 2.75) is 33.2 Å². The van der Waals surface area contributed by atoms with Crippen LogP contribution < -0.4 is 15.0 Å². The first kappa shape index (κ1) is 19.6. The van der Waals surface area contributed by atoms with Gasteiger partial charge in [0.15, 0.2) is 11.5 Å². The van der Waals surface area contributed by atoms with Crippen LogP contribution >= 0.6 is 11.3 Å². The number of para-hydroxylation sites is 1. The van der Waals surface area contributed by atoms with E-state index in [1.54, 1.807) is 4.68 Å². The Balaban J connectivity index is 1.50. The molecule has 1 N–H and O–H groups in total. The van der Waals surface area contributed by atoms with Gasteiger partial charge in [0.05, 0.1) is 22.3 Å². The van der Waals surface area contributed by atoms with E-state index in [0.29, 0.717) is 23.0 Å². The number of hydrogen-bond donors (Lipinski definition) is 1. The molecule has 5 rings (SSSR count). The summed E-state index contributed by atoms with van der Waals surface area (Å²) in [4.78, 5) is 22.7. The van der Waals surface area contributed by atoms with Crippen molar-refractivity contribution >= 4 is 27.3 Å². The van der Waals surface area contributed by atoms with E-state index in [9.17, 15) is 4.79 Å². The quantitative estimate of drug-likeness (QED) is 0.454. The van der Waals surface area contributed by atoms with E-state index < -0.39 is 0 Å². The van der Waals surface area contributed by atoms with Gasteiger partial charge in [-0.05, 0) is 43.2 Å². The Morgan fingerprint density at radius 3 is 2.90 bits per heavy atom. The monoisotopic (exact) mass is 434 g/mol. The third-order valence-corrected chi connectivity index (χ3v) is 6.26. The molecule has 0 bridgehead atoms. The topological polar surface area (TPSA) is 81.5 Å². The molecule has 0 spiro atoms. The fourth-order valence-electron chi connectivity index (χ4n) is 3.71. The van der Waals surface area contributed by atoms with Gasteiger partial charge in [-0.1, -0.05) is 42.9 Å². The van der Waals surface area contributed by atoms with Crippen LogP contribution in [-0.4, -0.2) is 27.3 Å². The van der Waals surface area contributed by atoms with Crippen molar-refractivity contribution in [2.24, 2.45) is 4.99 Å². The molecular weight excluding hydrogens is 412 g/mol. The van der Waals surface area contributed by atoms with E-state index in [4.69, 9.17) is 14.5 Å². The average Bonchev–Trinajstić information content (AvgIpc) is 3.48. The van der Waals surface area contributed by atoms with Gasteiger partial charge in [-0.15, -0.1) is 0 Å². The molecule has 0 atom stereocenters. The first-order valence-corrected chi connectivity index (χ1v) is 11.1. The van der Waals surface area contributed by atoms with Crippen molar-refractivity contribution in [3.8, 4) is 16.6 Å². The maximum atomic E-state index is 13.3. The van der Waals surface area contributed by atoms with Crippen LogP contribution in [0.2, 0.25) is 0 Å². The molecule has 8 heteroatoms. The maximum Gasteiger partial charge on any atom is 0.282 e. The van der Waals surface area contributed by atoms with Crippen molar-refractivity contribution in [2.75, 3.05) is 6.79 Å². The summed E-state index contributed by atoms with van der Waals surface area (Å²) in [5, 5.41) is 3.91. The van der Waals surface area contributed by atoms with Gasteiger partial charge >= 0.3 is 0 Å². The Morgan fingerprint density at radius 1 is 1.23 bits per heavy atom. The van der Waals surface area contributed by atoms with Crippen molar-refractivity contribution in [1.82, 2.24) is 14.8 Å². The van der Waals surface area contributed by atoms with Crippen LogP contribution in [0.3, 0.4) is 0 Å². The van der Waals surface area contributed by atoms with Gasteiger partial charge in [0.1, 0.15) is 0 Å². The molecule has 7 nitrogen and oxygen atoms in total. The fraction of sp³-hybridized carbons (Fsp3) is 0.261. The lowest BCUT2D eigenvalue weighted by molar-refractivity contribution is 0.174. The minimum Gasteiger partial charge on any atom is -0.454 e. The highest BCUT2D eigenvalue weighted by Gasteiger charge is 2.19. The molecule has 2 aromatic carbocycles. The molecule has 0 fully saturated rings. The van der Waals surface area contributed by atoms with E-state index in [-0.39, 0.29) is 12.4 Å². The number of thiazole rings is 1. The Kier molecular flexibility index (Phi) is 5.07. The van der Waals surface area contributed by atoms with Gasteiger partial charge in [0.25, 0.3) is 5.56 Å². The van der Waals surface area contributed by atoms with E-state index in [2.05, 4.69) is 17.0 Å². The third-order valence-electron chi connectivity index (χ3n) is 5.24. The molecule has 31 heavy (non-hydrogen) atoms. The molecule has 0 aliphatic carbocycles. The molecule has 4 aromatic rings. The second-order valence-electron chi connectivity index (χ2n) is 7.41. The zero-order valence-electron chi connectivity index (χ0n) is 17.3. The Hall–Kier alpha value is -3.39. The molecule has 0 radical (unpaired) electrons. The number of H-pyrrole nitrogens is 1. The van der Waals surface area contributed by atoms with Gasteiger partial charge in [-0.25, -0.2) is 4.98 Å². The van der Waals surface area contributed by atoms with Crippen molar-refractivity contribution in [3.63, 3.8) is 0 Å². The Morgan fingerprint density at radius 2 is 2.06 bits per heavy atom. The highest BCUT2D eigenvalue weighted by Crippen LogP contribution is 2.32. The highest BCUT2D eigenvalue weighted by molar-refractivity contribution is 7.20. The first-order chi connectivity index (χ1) is 15.1. The standard InChI is InChI=1S/C23H22N4O3S/c1-3-6-17-21(14(2)24-12-15-9-10-18-19(11-15)30-13-29-18)22(28)27(26-17)23-25-16-7-4-5-8-20(16)31-23/h4-5,7-11,26H,3,6,12-13H2,1-2H3. The summed E-state index contributed by atoms with van der Waals surface area (Å²) in [6.07, 6.45) is 1.68. The highest BCUT2D eigenvalue weighted by atomic mass is 32.1. The van der Waals surface area contributed by atoms with Gasteiger partial charge in [0, 0.05) is 11.4 Å². The van der Waals surface area contributed by atoms with Gasteiger partial charge in [-0.2, -0.15) is 4.68 Å². The number of aliphatic imine (C=N–C) groups is 1. The predicted octanol–water partition coefficient (Wildman–Crippen LogP) is 4.47. The molecule has 1 aliphatic heterocycles. The average molecular weight is 435 g/mol. The predicted molar refractivity (Wildman–Crippen MR) is 122 cm³/mol. The molecule has 0 saturated heterocycles. The molecular formula is C23H22N4O3S. The van der Waals surface area contributed by atoms with Gasteiger partial charge < -0.3 is 9.47 Å². The Bertz CT molecular complexity index is 1320. The zero-order valence-corrected chi connectivity index (χ0v) is 18.2. The second-order valence-corrected chi connectivity index (χ2v) is 8.42. The molecule has 2 aromatic heterocycles. The molecule has 1 aliphatic rings. The van der Waals surface area contributed by atoms with Crippen LogP contribution in [0.15, 0.2) is 52.3 Å². The normalized spacial score (nSPS) is 13.3. The number of aryl methyl sites for hydroxylation is 1. The number of hydrogen-bond acceptors (Lipinski definition) is 6. The zero-order chi connectivity index (χ0) is 21.4. The summed E-state index contributed by atoms with van der Waals surface area (Å²) >= 11 is 1.49. The van der Waals surface area contributed by atoms with Crippen molar-refractivity contribution in [1.29, 1.82) is 0 Å². The molecule has 0 amide bonds. The number of nitrogens with zero attached hydrogens (tertiary/aromatic N) is 3.